The summed E-state index contributed by atoms with van der Waals surface area (Å²) < 4.78 is 0. The molecule has 19 heavy (non-hydrogen) atoms. The maximum Gasteiger partial charge on any atom is 0.225 e. The number of hydrogen-bond donors (Lipinski definition) is 1. The van der Waals surface area contributed by atoms with E-state index in [0.717, 1.165) is 37.7 Å². The van der Waals surface area contributed by atoms with E-state index in [-0.39, 0.29) is 0 Å². The van der Waals surface area contributed by atoms with Crippen LogP contribution < -0.4 is 10.2 Å². The molecule has 0 bridgehead atoms. The van der Waals surface area contributed by atoms with Crippen molar-refractivity contribution in [1.29, 1.82) is 0 Å². The molecule has 3 heterocycles. The zero-order valence-corrected chi connectivity index (χ0v) is 10.7. The van der Waals surface area contributed by atoms with Gasteiger partial charge in [-0.15, -0.1) is 0 Å². The van der Waals surface area contributed by atoms with Gasteiger partial charge in [0.15, 0.2) is 0 Å². The SMILES string of the molecule is c1ccc(N[C@H]2CCCN(c3ncccn3)C2)nc1. The highest BCUT2D eigenvalue weighted by molar-refractivity contribution is 5.37. The summed E-state index contributed by atoms with van der Waals surface area (Å²) in [6, 6.07) is 8.16. The minimum atomic E-state index is 0.396. The van der Waals surface area contributed by atoms with Crippen LogP contribution in [-0.4, -0.2) is 34.1 Å². The second-order valence-electron chi connectivity index (χ2n) is 4.69. The van der Waals surface area contributed by atoms with Crippen molar-refractivity contribution in [2.45, 2.75) is 18.9 Å². The van der Waals surface area contributed by atoms with Crippen molar-refractivity contribution < 1.29 is 0 Å². The van der Waals surface area contributed by atoms with Gasteiger partial charge in [0.25, 0.3) is 0 Å². The highest BCUT2D eigenvalue weighted by Gasteiger charge is 2.21. The molecule has 1 N–H and O–H groups in total. The van der Waals surface area contributed by atoms with Gasteiger partial charge in [0.05, 0.1) is 0 Å². The van der Waals surface area contributed by atoms with Crippen LogP contribution >= 0.6 is 0 Å². The van der Waals surface area contributed by atoms with Crippen LogP contribution in [0.3, 0.4) is 0 Å². The molecule has 1 aliphatic rings. The highest BCUT2D eigenvalue weighted by Crippen LogP contribution is 2.17. The van der Waals surface area contributed by atoms with Gasteiger partial charge in [-0.25, -0.2) is 15.0 Å². The summed E-state index contributed by atoms with van der Waals surface area (Å²) in [5, 5.41) is 3.47. The number of pyridine rings is 1. The molecule has 2 aromatic rings. The molecule has 0 saturated carbocycles. The minimum absolute atomic E-state index is 0.396. The summed E-state index contributed by atoms with van der Waals surface area (Å²) in [6.07, 6.45) is 7.68. The molecular formula is C14H17N5. The predicted octanol–water partition coefficient (Wildman–Crippen LogP) is 1.95. The van der Waals surface area contributed by atoms with Crippen molar-refractivity contribution in [2.24, 2.45) is 0 Å². The molecule has 0 aromatic carbocycles. The van der Waals surface area contributed by atoms with E-state index in [2.05, 4.69) is 25.2 Å². The molecule has 1 fully saturated rings. The van der Waals surface area contributed by atoms with Crippen LogP contribution in [-0.2, 0) is 0 Å². The molecular weight excluding hydrogens is 238 g/mol. The number of anilines is 2. The number of rotatable bonds is 3. The van der Waals surface area contributed by atoms with Gasteiger partial charge in [-0.3, -0.25) is 0 Å². The first kappa shape index (κ1) is 11.9. The first-order valence-electron chi connectivity index (χ1n) is 6.61. The maximum atomic E-state index is 4.32. The Morgan fingerprint density at radius 1 is 1.05 bits per heavy atom. The molecule has 5 heteroatoms. The molecule has 0 aliphatic carbocycles. The van der Waals surface area contributed by atoms with Gasteiger partial charge < -0.3 is 10.2 Å². The van der Waals surface area contributed by atoms with E-state index in [1.807, 2.05) is 30.5 Å². The van der Waals surface area contributed by atoms with Gasteiger partial charge in [-0.2, -0.15) is 0 Å². The number of aromatic nitrogens is 3. The smallest absolute Gasteiger partial charge is 0.225 e. The Kier molecular flexibility index (Phi) is 3.54. The lowest BCUT2D eigenvalue weighted by atomic mass is 10.1. The lowest BCUT2D eigenvalue weighted by molar-refractivity contribution is 0.521. The number of nitrogens with one attached hydrogen (secondary N) is 1. The van der Waals surface area contributed by atoms with Crippen molar-refractivity contribution in [2.75, 3.05) is 23.3 Å². The fraction of sp³-hybridized carbons (Fsp3) is 0.357. The Morgan fingerprint density at radius 3 is 2.68 bits per heavy atom. The van der Waals surface area contributed by atoms with Gasteiger partial charge in [-0.05, 0) is 31.0 Å². The lowest BCUT2D eigenvalue weighted by Gasteiger charge is -2.33. The molecule has 0 spiro atoms. The van der Waals surface area contributed by atoms with E-state index >= 15 is 0 Å². The quantitative estimate of drug-likeness (QED) is 0.908. The summed E-state index contributed by atoms with van der Waals surface area (Å²) in [7, 11) is 0. The van der Waals surface area contributed by atoms with Crippen LogP contribution in [0.5, 0.6) is 0 Å². The molecule has 5 nitrogen and oxygen atoms in total. The fourth-order valence-corrected chi connectivity index (χ4v) is 2.39. The van der Waals surface area contributed by atoms with E-state index in [9.17, 15) is 0 Å². The molecule has 98 valence electrons. The third-order valence-electron chi connectivity index (χ3n) is 3.27. The standard InChI is InChI=1S/C14H17N5/c1-2-7-15-13(6-1)18-12-5-3-10-19(11-12)14-16-8-4-9-17-14/h1-2,4,6-9,12H,3,5,10-11H2,(H,15,18)/t12-/m0/s1. The predicted molar refractivity (Wildman–Crippen MR) is 75.1 cm³/mol. The Labute approximate surface area is 112 Å². The molecule has 2 aromatic heterocycles. The summed E-state index contributed by atoms with van der Waals surface area (Å²) in [6.45, 7) is 1.94. The average Bonchev–Trinajstić information content (AvgIpc) is 2.49. The molecule has 0 radical (unpaired) electrons. The van der Waals surface area contributed by atoms with E-state index < -0.39 is 0 Å². The molecule has 1 saturated heterocycles. The van der Waals surface area contributed by atoms with Crippen LogP contribution in [0.2, 0.25) is 0 Å². The van der Waals surface area contributed by atoms with E-state index in [1.165, 1.54) is 0 Å². The second kappa shape index (κ2) is 5.65. The molecule has 1 aliphatic heterocycles. The highest BCUT2D eigenvalue weighted by atomic mass is 15.3. The zero-order valence-electron chi connectivity index (χ0n) is 10.7. The van der Waals surface area contributed by atoms with E-state index in [0.29, 0.717) is 6.04 Å². The Balaban J connectivity index is 1.65. The normalized spacial score (nSPS) is 19.2. The van der Waals surface area contributed by atoms with E-state index in [1.54, 1.807) is 12.4 Å². The Hall–Kier alpha value is -2.17. The van der Waals surface area contributed by atoms with Gasteiger partial charge in [0, 0.05) is 37.7 Å². The molecule has 0 unspecified atom stereocenters. The molecule has 1 atom stereocenters. The molecule has 0 amide bonds. The van der Waals surface area contributed by atoms with Crippen LogP contribution in [0, 0.1) is 0 Å². The van der Waals surface area contributed by atoms with Crippen molar-refractivity contribution in [3.63, 3.8) is 0 Å². The van der Waals surface area contributed by atoms with Crippen LogP contribution in [0.15, 0.2) is 42.9 Å². The van der Waals surface area contributed by atoms with Gasteiger partial charge >= 0.3 is 0 Å². The first-order valence-corrected chi connectivity index (χ1v) is 6.61. The topological polar surface area (TPSA) is 53.9 Å². The fourth-order valence-electron chi connectivity index (χ4n) is 2.39. The van der Waals surface area contributed by atoms with Gasteiger partial charge in [0.2, 0.25) is 5.95 Å². The third kappa shape index (κ3) is 2.99. The minimum Gasteiger partial charge on any atom is -0.366 e. The molecule has 3 rings (SSSR count). The van der Waals surface area contributed by atoms with Crippen LogP contribution in [0.1, 0.15) is 12.8 Å². The van der Waals surface area contributed by atoms with Gasteiger partial charge in [-0.1, -0.05) is 6.07 Å². The largest absolute Gasteiger partial charge is 0.366 e. The summed E-state index contributed by atoms with van der Waals surface area (Å²) >= 11 is 0. The zero-order chi connectivity index (χ0) is 12.9. The second-order valence-corrected chi connectivity index (χ2v) is 4.69. The third-order valence-corrected chi connectivity index (χ3v) is 3.27. The van der Waals surface area contributed by atoms with Gasteiger partial charge in [0.1, 0.15) is 5.82 Å². The van der Waals surface area contributed by atoms with Crippen molar-refractivity contribution in [1.82, 2.24) is 15.0 Å². The van der Waals surface area contributed by atoms with Crippen molar-refractivity contribution in [3.8, 4) is 0 Å². The monoisotopic (exact) mass is 255 g/mol. The van der Waals surface area contributed by atoms with Crippen molar-refractivity contribution >= 4 is 11.8 Å². The Morgan fingerprint density at radius 2 is 1.89 bits per heavy atom. The van der Waals surface area contributed by atoms with Crippen LogP contribution in [0.4, 0.5) is 11.8 Å². The van der Waals surface area contributed by atoms with Crippen LogP contribution in [0.25, 0.3) is 0 Å². The maximum absolute atomic E-state index is 4.32. The Bertz CT molecular complexity index is 502. The lowest BCUT2D eigenvalue weighted by Crippen LogP contribution is -2.43. The number of piperidine rings is 1. The number of nitrogens with zero attached hydrogens (tertiary/aromatic N) is 4. The summed E-state index contributed by atoms with van der Waals surface area (Å²) in [5.41, 5.74) is 0. The average molecular weight is 255 g/mol. The first-order chi connectivity index (χ1) is 9.42. The summed E-state index contributed by atoms with van der Waals surface area (Å²) in [4.78, 5) is 15.2. The van der Waals surface area contributed by atoms with Crippen molar-refractivity contribution in [3.05, 3.63) is 42.9 Å². The summed E-state index contributed by atoms with van der Waals surface area (Å²) in [5.74, 6) is 1.75. The van der Waals surface area contributed by atoms with E-state index in [4.69, 9.17) is 0 Å². The number of hydrogen-bond acceptors (Lipinski definition) is 5.